The summed E-state index contributed by atoms with van der Waals surface area (Å²) in [5.74, 6) is -0.682. The van der Waals surface area contributed by atoms with Crippen molar-refractivity contribution in [2.75, 3.05) is 16.6 Å². The average Bonchev–Trinajstić information content (AvgIpc) is 2.59. The van der Waals surface area contributed by atoms with Gasteiger partial charge < -0.3 is 11.1 Å². The molecule has 0 bridgehead atoms. The van der Waals surface area contributed by atoms with Gasteiger partial charge in [0.25, 0.3) is 10.0 Å². The molecule has 2 aromatic rings. The molecule has 2 aromatic carbocycles. The first-order chi connectivity index (χ1) is 12.5. The largest absolute Gasteiger partial charge is 0.383 e. The SMILES string of the molecule is CCCNc1ccc(S(N)(=O)=O)cc1NS(=O)(=O)c1ccc(C(N)=O)cc1. The Balaban J connectivity index is 2.44. The summed E-state index contributed by atoms with van der Waals surface area (Å²) in [5, 5.41) is 8.14. The number of benzene rings is 2. The van der Waals surface area contributed by atoms with Crippen LogP contribution in [0.5, 0.6) is 0 Å². The van der Waals surface area contributed by atoms with Crippen molar-refractivity contribution in [3.63, 3.8) is 0 Å². The van der Waals surface area contributed by atoms with Gasteiger partial charge in [-0.25, -0.2) is 22.0 Å². The predicted molar refractivity (Wildman–Crippen MR) is 102 cm³/mol. The molecule has 27 heavy (non-hydrogen) atoms. The van der Waals surface area contributed by atoms with E-state index in [4.69, 9.17) is 10.9 Å². The fraction of sp³-hybridized carbons (Fsp3) is 0.188. The number of hydrogen-bond donors (Lipinski definition) is 4. The molecule has 0 saturated carbocycles. The Hall–Kier alpha value is -2.63. The molecule has 146 valence electrons. The van der Waals surface area contributed by atoms with E-state index in [1.165, 1.54) is 36.4 Å². The van der Waals surface area contributed by atoms with E-state index < -0.39 is 26.0 Å². The van der Waals surface area contributed by atoms with Gasteiger partial charge >= 0.3 is 0 Å². The molecule has 11 heteroatoms. The van der Waals surface area contributed by atoms with Gasteiger partial charge in [-0.1, -0.05) is 6.92 Å². The molecule has 2 rings (SSSR count). The van der Waals surface area contributed by atoms with Gasteiger partial charge in [0.05, 0.1) is 21.2 Å². The number of hydrogen-bond acceptors (Lipinski definition) is 6. The van der Waals surface area contributed by atoms with Crippen LogP contribution in [0, 0.1) is 0 Å². The molecule has 0 aliphatic rings. The van der Waals surface area contributed by atoms with Gasteiger partial charge in [0, 0.05) is 12.1 Å². The summed E-state index contributed by atoms with van der Waals surface area (Å²) in [7, 11) is -8.06. The number of carbonyl (C=O) groups excluding carboxylic acids is 1. The highest BCUT2D eigenvalue weighted by molar-refractivity contribution is 7.92. The Kier molecular flexibility index (Phi) is 6.08. The molecule has 0 heterocycles. The third-order valence-corrected chi connectivity index (χ3v) is 5.87. The van der Waals surface area contributed by atoms with E-state index in [1.807, 2.05) is 6.92 Å². The topological polar surface area (TPSA) is 161 Å². The zero-order valence-electron chi connectivity index (χ0n) is 14.5. The molecule has 6 N–H and O–H groups in total. The first-order valence-electron chi connectivity index (χ1n) is 7.88. The van der Waals surface area contributed by atoms with E-state index >= 15 is 0 Å². The number of primary amides is 1. The second kappa shape index (κ2) is 7.94. The van der Waals surface area contributed by atoms with Gasteiger partial charge in [-0.2, -0.15) is 0 Å². The second-order valence-corrected chi connectivity index (χ2v) is 8.92. The summed E-state index contributed by atoms with van der Waals surface area (Å²) in [6.07, 6.45) is 0.776. The number of nitrogens with two attached hydrogens (primary N) is 2. The van der Waals surface area contributed by atoms with Crippen LogP contribution in [0.1, 0.15) is 23.7 Å². The number of carbonyl (C=O) groups is 1. The molecule has 0 radical (unpaired) electrons. The Morgan fingerprint density at radius 2 is 1.56 bits per heavy atom. The first-order valence-corrected chi connectivity index (χ1v) is 10.9. The van der Waals surface area contributed by atoms with Crippen LogP contribution < -0.4 is 20.9 Å². The average molecular weight is 412 g/mol. The summed E-state index contributed by atoms with van der Waals surface area (Å²) in [5.41, 5.74) is 5.74. The van der Waals surface area contributed by atoms with Crippen molar-refractivity contribution in [1.29, 1.82) is 0 Å². The van der Waals surface area contributed by atoms with Crippen molar-refractivity contribution in [2.45, 2.75) is 23.1 Å². The van der Waals surface area contributed by atoms with Crippen LogP contribution in [-0.4, -0.2) is 29.3 Å². The molecule has 0 saturated heterocycles. The predicted octanol–water partition coefficient (Wildman–Crippen LogP) is 1.06. The second-order valence-electron chi connectivity index (χ2n) is 5.67. The zero-order chi connectivity index (χ0) is 20.2. The third-order valence-electron chi connectivity index (χ3n) is 3.58. The van der Waals surface area contributed by atoms with Crippen molar-refractivity contribution in [3.8, 4) is 0 Å². The zero-order valence-corrected chi connectivity index (χ0v) is 16.1. The molecule has 0 atom stereocenters. The van der Waals surface area contributed by atoms with Crippen LogP contribution in [0.3, 0.4) is 0 Å². The lowest BCUT2D eigenvalue weighted by Gasteiger charge is -2.15. The van der Waals surface area contributed by atoms with Gasteiger partial charge in [0.2, 0.25) is 15.9 Å². The Morgan fingerprint density at radius 3 is 2.07 bits per heavy atom. The van der Waals surface area contributed by atoms with E-state index in [1.54, 1.807) is 0 Å². The fourth-order valence-corrected chi connectivity index (χ4v) is 3.81. The van der Waals surface area contributed by atoms with E-state index in [2.05, 4.69) is 10.0 Å². The van der Waals surface area contributed by atoms with Crippen LogP contribution in [0.2, 0.25) is 0 Å². The number of sulfonamides is 2. The first kappa shape index (κ1) is 20.7. The van der Waals surface area contributed by atoms with Gasteiger partial charge in [-0.3, -0.25) is 9.52 Å². The van der Waals surface area contributed by atoms with Gasteiger partial charge in [-0.05, 0) is 48.9 Å². The quantitative estimate of drug-likeness (QED) is 0.507. The smallest absolute Gasteiger partial charge is 0.261 e. The third kappa shape index (κ3) is 5.18. The normalized spacial score (nSPS) is 11.8. The maximum Gasteiger partial charge on any atom is 0.261 e. The Bertz CT molecular complexity index is 1050. The Labute approximate surface area is 157 Å². The van der Waals surface area contributed by atoms with E-state index in [0.717, 1.165) is 12.5 Å². The number of rotatable bonds is 8. The minimum Gasteiger partial charge on any atom is -0.383 e. The molecule has 0 spiro atoms. The van der Waals surface area contributed by atoms with Crippen LogP contribution in [0.25, 0.3) is 0 Å². The fourth-order valence-electron chi connectivity index (χ4n) is 2.20. The molecular formula is C16H20N4O5S2. The monoisotopic (exact) mass is 412 g/mol. The highest BCUT2D eigenvalue weighted by Crippen LogP contribution is 2.28. The molecule has 9 nitrogen and oxygen atoms in total. The van der Waals surface area contributed by atoms with Crippen molar-refractivity contribution >= 4 is 37.3 Å². The van der Waals surface area contributed by atoms with Crippen LogP contribution in [0.4, 0.5) is 11.4 Å². The van der Waals surface area contributed by atoms with Crippen molar-refractivity contribution < 1.29 is 21.6 Å². The van der Waals surface area contributed by atoms with Gasteiger partial charge in [0.1, 0.15) is 0 Å². The summed E-state index contributed by atoms with van der Waals surface area (Å²) < 4.78 is 50.8. The number of nitrogens with one attached hydrogen (secondary N) is 2. The highest BCUT2D eigenvalue weighted by atomic mass is 32.2. The standard InChI is InChI=1S/C16H20N4O5S2/c1-2-9-19-14-8-7-13(26(18,22)23)10-15(14)20-27(24,25)12-5-3-11(4-6-12)16(17)21/h3-8,10,19-20H,2,9H2,1H3,(H2,17,21)(H2,18,22,23). The lowest BCUT2D eigenvalue weighted by molar-refractivity contribution is 0.1000. The van der Waals surface area contributed by atoms with E-state index in [9.17, 15) is 21.6 Å². The number of amides is 1. The van der Waals surface area contributed by atoms with E-state index in [0.29, 0.717) is 12.2 Å². The van der Waals surface area contributed by atoms with E-state index in [-0.39, 0.29) is 21.0 Å². The summed E-state index contributed by atoms with van der Waals surface area (Å²) in [4.78, 5) is 10.8. The van der Waals surface area contributed by atoms with Crippen LogP contribution >= 0.6 is 0 Å². The molecular weight excluding hydrogens is 392 g/mol. The van der Waals surface area contributed by atoms with Crippen molar-refractivity contribution in [3.05, 3.63) is 48.0 Å². The van der Waals surface area contributed by atoms with Gasteiger partial charge in [0.15, 0.2) is 0 Å². The lowest BCUT2D eigenvalue weighted by atomic mass is 10.2. The molecule has 0 aliphatic heterocycles. The maximum atomic E-state index is 12.6. The molecule has 0 fully saturated rings. The Morgan fingerprint density at radius 1 is 0.963 bits per heavy atom. The van der Waals surface area contributed by atoms with Crippen molar-refractivity contribution in [1.82, 2.24) is 0 Å². The molecule has 1 amide bonds. The molecule has 0 aliphatic carbocycles. The minimum absolute atomic E-state index is 0.0361. The van der Waals surface area contributed by atoms with Crippen LogP contribution in [0.15, 0.2) is 52.3 Å². The summed E-state index contributed by atoms with van der Waals surface area (Å²) in [6, 6.07) is 8.89. The summed E-state index contributed by atoms with van der Waals surface area (Å²) in [6.45, 7) is 2.48. The highest BCUT2D eigenvalue weighted by Gasteiger charge is 2.19. The number of anilines is 2. The van der Waals surface area contributed by atoms with Gasteiger partial charge in [-0.15, -0.1) is 0 Å². The van der Waals surface area contributed by atoms with Crippen LogP contribution in [-0.2, 0) is 20.0 Å². The molecule has 0 aromatic heterocycles. The minimum atomic E-state index is -4.04. The lowest BCUT2D eigenvalue weighted by Crippen LogP contribution is -2.17. The summed E-state index contributed by atoms with van der Waals surface area (Å²) >= 11 is 0. The molecule has 0 unspecified atom stereocenters. The maximum absolute atomic E-state index is 12.6. The number of primary sulfonamides is 1. The van der Waals surface area contributed by atoms with Crippen molar-refractivity contribution in [2.24, 2.45) is 10.9 Å².